The molecule has 0 atom stereocenters. The van der Waals surface area contributed by atoms with Crippen LogP contribution >= 0.6 is 0 Å². The lowest BCUT2D eigenvalue weighted by Crippen LogP contribution is -1.98. The lowest BCUT2D eigenvalue weighted by molar-refractivity contribution is 0.0509. The number of benzene rings is 2. The molecule has 0 heterocycles. The van der Waals surface area contributed by atoms with Gasteiger partial charge in [-0.15, -0.1) is 0 Å². The first-order valence-electron chi connectivity index (χ1n) is 6.77. The van der Waals surface area contributed by atoms with Gasteiger partial charge in [0.2, 0.25) is 0 Å². The molecule has 2 aromatic carbocycles. The van der Waals surface area contributed by atoms with Crippen molar-refractivity contribution >= 4 is 0 Å². The maximum Gasteiger partial charge on any atom is 0.188 e. The number of rotatable bonds is 6. The van der Waals surface area contributed by atoms with Gasteiger partial charge in [0.05, 0.1) is 0 Å². The lowest BCUT2D eigenvalue weighted by Gasteiger charge is -2.04. The van der Waals surface area contributed by atoms with Crippen LogP contribution in [-0.4, -0.2) is 27.8 Å². The second-order valence-corrected chi connectivity index (χ2v) is 4.40. The van der Waals surface area contributed by atoms with Gasteiger partial charge >= 0.3 is 0 Å². The lowest BCUT2D eigenvalue weighted by atomic mass is 10.2. The van der Waals surface area contributed by atoms with E-state index in [2.05, 4.69) is 11.8 Å². The third-order valence-electron chi connectivity index (χ3n) is 2.75. The highest BCUT2D eigenvalue weighted by Crippen LogP contribution is 2.13. The molecule has 4 heteroatoms. The van der Waals surface area contributed by atoms with Gasteiger partial charge in [-0.1, -0.05) is 11.8 Å². The average molecular weight is 298 g/mol. The zero-order valence-electron chi connectivity index (χ0n) is 12.7. The van der Waals surface area contributed by atoms with Crippen molar-refractivity contribution in [2.45, 2.75) is 0 Å². The molecule has 0 amide bonds. The summed E-state index contributed by atoms with van der Waals surface area (Å²) < 4.78 is 20.3. The van der Waals surface area contributed by atoms with Crippen molar-refractivity contribution in [1.29, 1.82) is 0 Å². The number of methoxy groups -OCH3 is 2. The van der Waals surface area contributed by atoms with E-state index in [1.807, 2.05) is 48.5 Å². The average Bonchev–Trinajstić information content (AvgIpc) is 2.58. The first kappa shape index (κ1) is 15.9. The summed E-state index contributed by atoms with van der Waals surface area (Å²) in [6.07, 6.45) is 0. The maximum atomic E-state index is 5.32. The molecule has 2 aromatic rings. The van der Waals surface area contributed by atoms with Crippen LogP contribution in [0.5, 0.6) is 11.5 Å². The Labute approximate surface area is 130 Å². The minimum Gasteiger partial charge on any atom is -0.468 e. The smallest absolute Gasteiger partial charge is 0.188 e. The summed E-state index contributed by atoms with van der Waals surface area (Å²) >= 11 is 0. The molecule has 0 unspecified atom stereocenters. The first-order chi connectivity index (χ1) is 10.8. The van der Waals surface area contributed by atoms with Crippen LogP contribution in [0, 0.1) is 11.8 Å². The first-order valence-corrected chi connectivity index (χ1v) is 6.77. The molecule has 0 fully saturated rings. The van der Waals surface area contributed by atoms with Crippen LogP contribution < -0.4 is 9.47 Å². The second-order valence-electron chi connectivity index (χ2n) is 4.40. The molecule has 0 aromatic heterocycles. The van der Waals surface area contributed by atoms with E-state index in [0.29, 0.717) is 0 Å². The molecule has 0 saturated heterocycles. The Bertz CT molecular complexity index is 565. The van der Waals surface area contributed by atoms with Gasteiger partial charge in [0.15, 0.2) is 13.6 Å². The highest BCUT2D eigenvalue weighted by atomic mass is 16.7. The van der Waals surface area contributed by atoms with Crippen LogP contribution in [0.15, 0.2) is 48.5 Å². The summed E-state index contributed by atoms with van der Waals surface area (Å²) in [7, 11) is 3.18. The molecule has 2 rings (SSSR count). The van der Waals surface area contributed by atoms with Gasteiger partial charge in [-0.3, -0.25) is 0 Å². The fraction of sp³-hybridized carbons (Fsp3) is 0.222. The summed E-state index contributed by atoms with van der Waals surface area (Å²) in [4.78, 5) is 0. The van der Waals surface area contributed by atoms with Crippen molar-refractivity contribution in [2.24, 2.45) is 0 Å². The Kier molecular flexibility index (Phi) is 6.31. The molecule has 0 bridgehead atoms. The van der Waals surface area contributed by atoms with Gasteiger partial charge < -0.3 is 18.9 Å². The van der Waals surface area contributed by atoms with Gasteiger partial charge in [-0.05, 0) is 48.5 Å². The molecule has 0 saturated carbocycles. The van der Waals surface area contributed by atoms with E-state index < -0.39 is 0 Å². The molecule has 0 aliphatic rings. The van der Waals surface area contributed by atoms with E-state index in [-0.39, 0.29) is 13.6 Å². The predicted molar refractivity (Wildman–Crippen MR) is 83.9 cm³/mol. The SMILES string of the molecule is COCOc1ccc(C#Cc2ccc(OCOC)cc2)cc1. The third kappa shape index (κ3) is 5.13. The van der Waals surface area contributed by atoms with Crippen LogP contribution in [0.1, 0.15) is 11.1 Å². The van der Waals surface area contributed by atoms with Crippen molar-refractivity contribution in [1.82, 2.24) is 0 Å². The van der Waals surface area contributed by atoms with Gasteiger partial charge in [0, 0.05) is 25.3 Å². The van der Waals surface area contributed by atoms with Crippen molar-refractivity contribution in [3.63, 3.8) is 0 Å². The second kappa shape index (κ2) is 8.73. The zero-order chi connectivity index (χ0) is 15.6. The van der Waals surface area contributed by atoms with Crippen LogP contribution in [-0.2, 0) is 9.47 Å². The molecular formula is C18H18O4. The fourth-order valence-electron chi connectivity index (χ4n) is 1.67. The monoisotopic (exact) mass is 298 g/mol. The minimum atomic E-state index is 0.239. The van der Waals surface area contributed by atoms with Crippen molar-refractivity contribution < 1.29 is 18.9 Å². The Hall–Kier alpha value is -2.48. The Morgan fingerprint density at radius 1 is 0.636 bits per heavy atom. The molecule has 114 valence electrons. The largest absolute Gasteiger partial charge is 0.468 e. The van der Waals surface area contributed by atoms with Gasteiger partial charge in [-0.2, -0.15) is 0 Å². The van der Waals surface area contributed by atoms with Gasteiger partial charge in [-0.25, -0.2) is 0 Å². The van der Waals surface area contributed by atoms with Crippen molar-refractivity contribution in [2.75, 3.05) is 27.8 Å². The van der Waals surface area contributed by atoms with E-state index in [4.69, 9.17) is 18.9 Å². The number of hydrogen-bond acceptors (Lipinski definition) is 4. The fourth-order valence-corrected chi connectivity index (χ4v) is 1.67. The van der Waals surface area contributed by atoms with Crippen LogP contribution in [0.4, 0.5) is 0 Å². The number of ether oxygens (including phenoxy) is 4. The van der Waals surface area contributed by atoms with E-state index in [0.717, 1.165) is 22.6 Å². The van der Waals surface area contributed by atoms with Crippen LogP contribution in [0.25, 0.3) is 0 Å². The molecular weight excluding hydrogens is 280 g/mol. The highest BCUT2D eigenvalue weighted by Gasteiger charge is 1.94. The minimum absolute atomic E-state index is 0.239. The summed E-state index contributed by atoms with van der Waals surface area (Å²) in [6, 6.07) is 15.1. The maximum absolute atomic E-state index is 5.32. The van der Waals surface area contributed by atoms with Crippen LogP contribution in [0.2, 0.25) is 0 Å². The van der Waals surface area contributed by atoms with E-state index in [9.17, 15) is 0 Å². The van der Waals surface area contributed by atoms with Gasteiger partial charge in [0.1, 0.15) is 11.5 Å². The van der Waals surface area contributed by atoms with E-state index >= 15 is 0 Å². The Morgan fingerprint density at radius 3 is 1.32 bits per heavy atom. The van der Waals surface area contributed by atoms with Gasteiger partial charge in [0.25, 0.3) is 0 Å². The highest BCUT2D eigenvalue weighted by molar-refractivity contribution is 5.45. The number of hydrogen-bond donors (Lipinski definition) is 0. The Balaban J connectivity index is 1.97. The normalized spacial score (nSPS) is 9.73. The van der Waals surface area contributed by atoms with Crippen molar-refractivity contribution in [3.05, 3.63) is 59.7 Å². The van der Waals surface area contributed by atoms with E-state index in [1.165, 1.54) is 0 Å². The molecule has 4 nitrogen and oxygen atoms in total. The molecule has 0 radical (unpaired) electrons. The molecule has 0 aliphatic carbocycles. The summed E-state index contributed by atoms with van der Waals surface area (Å²) in [6.45, 7) is 0.477. The van der Waals surface area contributed by atoms with Crippen molar-refractivity contribution in [3.8, 4) is 23.3 Å². The summed E-state index contributed by atoms with van der Waals surface area (Å²) in [5.74, 6) is 7.72. The van der Waals surface area contributed by atoms with Crippen LogP contribution in [0.3, 0.4) is 0 Å². The van der Waals surface area contributed by atoms with E-state index in [1.54, 1.807) is 14.2 Å². The quantitative estimate of drug-likeness (QED) is 0.607. The molecule has 22 heavy (non-hydrogen) atoms. The molecule has 0 spiro atoms. The third-order valence-corrected chi connectivity index (χ3v) is 2.75. The summed E-state index contributed by atoms with van der Waals surface area (Å²) in [5.41, 5.74) is 1.84. The topological polar surface area (TPSA) is 36.9 Å². The molecule has 0 aliphatic heterocycles. The summed E-state index contributed by atoms with van der Waals surface area (Å²) in [5, 5.41) is 0. The molecule has 0 N–H and O–H groups in total. The standard InChI is InChI=1S/C18H18O4/c1-19-13-21-17-9-5-15(6-10-17)3-4-16-7-11-18(12-8-16)22-14-20-2/h5-12H,13-14H2,1-2H3. The Morgan fingerprint density at radius 2 is 1.00 bits per heavy atom. The zero-order valence-corrected chi connectivity index (χ0v) is 12.7. The predicted octanol–water partition coefficient (Wildman–Crippen LogP) is 3.05.